The number of ketones is 2. The van der Waals surface area contributed by atoms with E-state index in [9.17, 15) is 39.6 Å². The largest absolute Gasteiger partial charge is 0.510 e. The topological polar surface area (TPSA) is 209 Å². The first-order valence-electron chi connectivity index (χ1n) is 13.9. The summed E-state index contributed by atoms with van der Waals surface area (Å²) < 4.78 is 10.5. The number of carbonyl (C=O) groups excluding carboxylic acids is 4. The van der Waals surface area contributed by atoms with Crippen molar-refractivity contribution in [3.8, 4) is 11.5 Å². The molecule has 5 atom stereocenters. The lowest BCUT2D eigenvalue weighted by Gasteiger charge is -2.48. The smallest absolute Gasteiger partial charge is 0.319 e. The molecule has 0 spiro atoms. The lowest BCUT2D eigenvalue weighted by atomic mass is 9.58. The van der Waals surface area contributed by atoms with Gasteiger partial charge in [0.1, 0.15) is 28.6 Å². The van der Waals surface area contributed by atoms with Crippen LogP contribution >= 0.6 is 0 Å². The maximum atomic E-state index is 13.9. The number of ether oxygens (including phenoxy) is 2. The van der Waals surface area contributed by atoms with Crippen LogP contribution in [0.25, 0.3) is 0 Å². The molecule has 4 aliphatic rings. The third-order valence-corrected chi connectivity index (χ3v) is 9.21. The molecule has 1 heterocycles. The lowest BCUT2D eigenvalue weighted by molar-refractivity contribution is -0.146. The number of phenolic OH excluding ortho intramolecular Hbond substituents is 1. The van der Waals surface area contributed by atoms with Gasteiger partial charge in [-0.05, 0) is 50.8 Å². The molecule has 0 bridgehead atoms. The Hall–Kier alpha value is -3.94. The van der Waals surface area contributed by atoms with E-state index in [0.717, 1.165) is 38.6 Å². The minimum absolute atomic E-state index is 0.0322. The van der Waals surface area contributed by atoms with Crippen LogP contribution in [0.3, 0.4) is 0 Å². The molecule has 5 rings (SSSR count). The summed E-state index contributed by atoms with van der Waals surface area (Å²) in [6.45, 7) is 3.23. The number of amides is 1. The number of aliphatic hydroxyl groups is 3. The highest BCUT2D eigenvalue weighted by atomic mass is 16.5. The van der Waals surface area contributed by atoms with Crippen molar-refractivity contribution in [2.45, 2.75) is 50.3 Å². The summed E-state index contributed by atoms with van der Waals surface area (Å²) >= 11 is 0. The zero-order chi connectivity index (χ0) is 30.7. The van der Waals surface area contributed by atoms with Gasteiger partial charge in [0.05, 0.1) is 32.4 Å². The predicted molar refractivity (Wildman–Crippen MR) is 146 cm³/mol. The van der Waals surface area contributed by atoms with Crippen LogP contribution in [0.1, 0.15) is 53.7 Å². The van der Waals surface area contributed by atoms with Crippen LogP contribution in [0.2, 0.25) is 0 Å². The molecule has 13 heteroatoms. The van der Waals surface area contributed by atoms with Gasteiger partial charge in [0.2, 0.25) is 5.78 Å². The first-order valence-corrected chi connectivity index (χ1v) is 13.9. The first kappa shape index (κ1) is 29.5. The van der Waals surface area contributed by atoms with Crippen LogP contribution in [-0.2, 0) is 25.5 Å². The number of Topliss-reactive ketones (excluding diaryl/α,β-unsaturated/α-hetero) is 2. The number of benzene rings is 1. The molecular formula is C29H35N3O10. The van der Waals surface area contributed by atoms with Gasteiger partial charge < -0.3 is 35.6 Å². The van der Waals surface area contributed by atoms with E-state index in [-0.39, 0.29) is 35.8 Å². The van der Waals surface area contributed by atoms with Crippen molar-refractivity contribution >= 4 is 23.4 Å². The zero-order valence-corrected chi connectivity index (χ0v) is 23.6. The number of hydrogen-bond donors (Lipinski definition) is 6. The molecule has 13 nitrogen and oxygen atoms in total. The number of aliphatic hydroxyl groups excluding tert-OH is 2. The average Bonchev–Trinajstić information content (AvgIpc) is 3.43. The summed E-state index contributed by atoms with van der Waals surface area (Å²) in [5.74, 6) is -7.99. The summed E-state index contributed by atoms with van der Waals surface area (Å²) in [6.07, 6.45) is 1.77. The van der Waals surface area contributed by atoms with Crippen LogP contribution in [0.5, 0.6) is 11.5 Å². The molecule has 7 N–H and O–H groups in total. The standard InChI is InChI=1S/C29H35N3O10/c1-4-32-7-5-6-16(32)13-10-17(33)20-14(25(13)42-3)8-12-9-15-22(31-11-18(34)41-2)24(36)21(28(30)39)27(38)29(15,40)26(37)19(12)23(20)35/h10,12,15-16,22,31,33,36-37,40H,4-9,11H2,1-3H3,(H2,30,39)/t12-,15-,16-,22-,29-/m0/s1. The third kappa shape index (κ3) is 4.17. The molecule has 1 saturated heterocycles. The van der Waals surface area contributed by atoms with Crippen molar-refractivity contribution in [1.82, 2.24) is 10.2 Å². The molecule has 0 aromatic heterocycles. The van der Waals surface area contributed by atoms with Crippen LogP contribution < -0.4 is 15.8 Å². The highest BCUT2D eigenvalue weighted by molar-refractivity contribution is 6.24. The number of rotatable bonds is 7. The Morgan fingerprint density at radius 3 is 2.55 bits per heavy atom. The van der Waals surface area contributed by atoms with Crippen LogP contribution in [-0.4, -0.2) is 94.3 Å². The molecule has 0 saturated carbocycles. The highest BCUT2D eigenvalue weighted by Crippen LogP contribution is 2.54. The maximum absolute atomic E-state index is 13.9. The van der Waals surface area contributed by atoms with Crippen molar-refractivity contribution in [2.75, 3.05) is 33.9 Å². The van der Waals surface area contributed by atoms with Crippen molar-refractivity contribution in [2.24, 2.45) is 17.6 Å². The van der Waals surface area contributed by atoms with E-state index in [1.165, 1.54) is 13.2 Å². The highest BCUT2D eigenvalue weighted by Gasteiger charge is 2.63. The number of hydrogen-bond acceptors (Lipinski definition) is 12. The Labute approximate surface area is 241 Å². The molecule has 1 aliphatic heterocycles. The fraction of sp³-hybridized carbons (Fsp3) is 0.517. The van der Waals surface area contributed by atoms with Crippen LogP contribution in [0, 0.1) is 11.8 Å². The van der Waals surface area contributed by atoms with Crippen LogP contribution in [0.15, 0.2) is 28.7 Å². The van der Waals surface area contributed by atoms with Gasteiger partial charge >= 0.3 is 5.97 Å². The summed E-state index contributed by atoms with van der Waals surface area (Å²) in [7, 11) is 2.62. The van der Waals surface area contributed by atoms with Gasteiger partial charge in [-0.25, -0.2) is 0 Å². The SMILES string of the molecule is CCN1CCC[C@H]1c1cc(O)c2c(c1OC)C[C@H]1C[C@H]3[C@H](NCC(=O)OC)C(O)=C(C(N)=O)C(=O)[C@@]3(O)C(O)=C1C2=O. The second-order valence-electron chi connectivity index (χ2n) is 11.1. The van der Waals surface area contributed by atoms with E-state index < -0.39 is 70.6 Å². The van der Waals surface area contributed by atoms with E-state index in [0.29, 0.717) is 11.3 Å². The number of phenols is 1. The molecule has 1 fully saturated rings. The van der Waals surface area contributed by atoms with Gasteiger partial charge in [-0.15, -0.1) is 0 Å². The molecular weight excluding hydrogens is 550 g/mol. The minimum Gasteiger partial charge on any atom is -0.510 e. The molecule has 3 aliphatic carbocycles. The lowest BCUT2D eigenvalue weighted by Crippen LogP contribution is -2.64. The van der Waals surface area contributed by atoms with Crippen molar-refractivity contribution in [3.05, 3.63) is 45.4 Å². The summed E-state index contributed by atoms with van der Waals surface area (Å²) in [5, 5.41) is 48.0. The monoisotopic (exact) mass is 585 g/mol. The Kier molecular flexibility index (Phi) is 7.54. The quantitative estimate of drug-likeness (QED) is 0.191. The molecule has 226 valence electrons. The molecule has 1 amide bonds. The van der Waals surface area contributed by atoms with Gasteiger partial charge in [-0.2, -0.15) is 0 Å². The average molecular weight is 586 g/mol. The Morgan fingerprint density at radius 1 is 1.21 bits per heavy atom. The van der Waals surface area contributed by atoms with Gasteiger partial charge in [-0.3, -0.25) is 29.4 Å². The van der Waals surface area contributed by atoms with Crippen LogP contribution in [0.4, 0.5) is 0 Å². The number of fused-ring (bicyclic) bond motifs is 3. The number of methoxy groups -OCH3 is 2. The predicted octanol–water partition coefficient (Wildman–Crippen LogP) is 0.487. The van der Waals surface area contributed by atoms with Gasteiger partial charge in [0, 0.05) is 28.7 Å². The second-order valence-corrected chi connectivity index (χ2v) is 11.1. The fourth-order valence-corrected chi connectivity index (χ4v) is 7.30. The summed E-state index contributed by atoms with van der Waals surface area (Å²) in [6, 6.07) is 0.0831. The summed E-state index contributed by atoms with van der Waals surface area (Å²) in [5.41, 5.74) is 2.36. The minimum atomic E-state index is -2.82. The van der Waals surface area contributed by atoms with Gasteiger partial charge in [0.15, 0.2) is 11.4 Å². The first-order chi connectivity index (χ1) is 19.9. The van der Waals surface area contributed by atoms with Crippen molar-refractivity contribution in [3.63, 3.8) is 0 Å². The van der Waals surface area contributed by atoms with E-state index in [4.69, 9.17) is 10.5 Å². The second kappa shape index (κ2) is 10.7. The Morgan fingerprint density at radius 2 is 1.93 bits per heavy atom. The molecule has 42 heavy (non-hydrogen) atoms. The number of nitrogens with one attached hydrogen (secondary N) is 1. The Bertz CT molecular complexity index is 1450. The molecule has 0 unspecified atom stereocenters. The van der Waals surface area contributed by atoms with Crippen molar-refractivity contribution in [1.29, 1.82) is 0 Å². The number of nitrogens with zero attached hydrogens (tertiary/aromatic N) is 1. The Balaban J connectivity index is 1.66. The van der Waals surface area contributed by atoms with E-state index in [2.05, 4.69) is 15.0 Å². The molecule has 0 radical (unpaired) electrons. The van der Waals surface area contributed by atoms with Gasteiger partial charge in [0.25, 0.3) is 5.91 Å². The number of likely N-dealkylation sites (tertiary alicyclic amines) is 1. The molecule has 1 aromatic rings. The molecule has 1 aromatic carbocycles. The number of allylic oxidation sites excluding steroid dienone is 1. The number of aromatic hydroxyl groups is 1. The van der Waals surface area contributed by atoms with E-state index in [1.807, 2.05) is 6.92 Å². The number of primary amides is 1. The third-order valence-electron chi connectivity index (χ3n) is 9.21. The van der Waals surface area contributed by atoms with E-state index in [1.54, 1.807) is 0 Å². The number of esters is 1. The fourth-order valence-electron chi connectivity index (χ4n) is 7.30. The number of carbonyl (C=O) groups is 4. The number of nitrogens with two attached hydrogens (primary N) is 1. The summed E-state index contributed by atoms with van der Waals surface area (Å²) in [4.78, 5) is 53.7. The maximum Gasteiger partial charge on any atom is 0.319 e. The zero-order valence-electron chi connectivity index (χ0n) is 23.6. The van der Waals surface area contributed by atoms with E-state index >= 15 is 0 Å². The van der Waals surface area contributed by atoms with Crippen molar-refractivity contribution < 1.29 is 49.1 Å². The normalized spacial score (nSPS) is 29.2. The van der Waals surface area contributed by atoms with Gasteiger partial charge in [-0.1, -0.05) is 6.92 Å².